The van der Waals surface area contributed by atoms with E-state index in [0.29, 0.717) is 12.1 Å². The van der Waals surface area contributed by atoms with E-state index in [-0.39, 0.29) is 29.1 Å². The van der Waals surface area contributed by atoms with Gasteiger partial charge in [-0.15, -0.1) is 0 Å². The third-order valence-electron chi connectivity index (χ3n) is 2.98. The van der Waals surface area contributed by atoms with Gasteiger partial charge in [-0.2, -0.15) is 0 Å². The molecule has 7 heteroatoms. The zero-order valence-corrected chi connectivity index (χ0v) is 11.6. The second-order valence-electron chi connectivity index (χ2n) is 4.30. The fourth-order valence-electron chi connectivity index (χ4n) is 1.48. The molecule has 0 aliphatic rings. The van der Waals surface area contributed by atoms with Gasteiger partial charge in [-0.25, -0.2) is 0 Å². The second kappa shape index (κ2) is 6.49. The number of benzene rings is 1. The maximum atomic E-state index is 12.0. The topological polar surface area (TPSA) is 89.5 Å². The van der Waals surface area contributed by atoms with Crippen molar-refractivity contribution in [1.29, 1.82) is 0 Å². The molecule has 0 aromatic heterocycles. The molecule has 0 radical (unpaired) electrons. The van der Waals surface area contributed by atoms with E-state index < -0.39 is 4.92 Å². The van der Waals surface area contributed by atoms with E-state index in [2.05, 4.69) is 0 Å². The van der Waals surface area contributed by atoms with Crippen LogP contribution in [0.3, 0.4) is 0 Å². The number of hydrogen-bond donors (Lipinski definition) is 1. The van der Waals surface area contributed by atoms with E-state index in [4.69, 9.17) is 17.3 Å². The van der Waals surface area contributed by atoms with Crippen molar-refractivity contribution in [2.75, 3.05) is 13.6 Å². The Kier molecular flexibility index (Phi) is 5.26. The van der Waals surface area contributed by atoms with E-state index >= 15 is 0 Å². The molecule has 0 fully saturated rings. The Morgan fingerprint density at radius 3 is 2.68 bits per heavy atom. The lowest BCUT2D eigenvalue weighted by molar-refractivity contribution is -0.384. The SMILES string of the molecule is CC(CN)N(C)C(=O)Cc1ccc([N+](=O)[O-])cc1Cl. The Balaban J connectivity index is 2.83. The lowest BCUT2D eigenvalue weighted by Gasteiger charge is -2.23. The average Bonchev–Trinajstić information content (AvgIpc) is 2.38. The van der Waals surface area contributed by atoms with Gasteiger partial charge in [0.2, 0.25) is 5.91 Å². The number of rotatable bonds is 5. The van der Waals surface area contributed by atoms with Crippen molar-refractivity contribution in [3.05, 3.63) is 38.9 Å². The van der Waals surface area contributed by atoms with Gasteiger partial charge in [-0.05, 0) is 12.5 Å². The van der Waals surface area contributed by atoms with Crippen LogP contribution in [0.5, 0.6) is 0 Å². The Labute approximate surface area is 116 Å². The average molecular weight is 286 g/mol. The first-order valence-electron chi connectivity index (χ1n) is 5.75. The van der Waals surface area contributed by atoms with E-state index in [9.17, 15) is 14.9 Å². The van der Waals surface area contributed by atoms with E-state index in [0.717, 1.165) is 0 Å². The fraction of sp³-hybridized carbons (Fsp3) is 0.417. The molecule has 0 aliphatic carbocycles. The normalized spacial score (nSPS) is 12.0. The molecule has 0 heterocycles. The number of halogens is 1. The Morgan fingerprint density at radius 2 is 2.21 bits per heavy atom. The van der Waals surface area contributed by atoms with E-state index in [1.807, 2.05) is 6.92 Å². The molecule has 1 rings (SSSR count). The number of carbonyl (C=O) groups is 1. The molecule has 1 amide bonds. The fourth-order valence-corrected chi connectivity index (χ4v) is 1.73. The Bertz CT molecular complexity index is 493. The molecule has 0 bridgehead atoms. The monoisotopic (exact) mass is 285 g/mol. The number of carbonyl (C=O) groups excluding carboxylic acids is 1. The standard InChI is InChI=1S/C12H16ClN3O3/c1-8(7-14)15(2)12(17)5-9-3-4-10(16(18)19)6-11(9)13/h3-4,6,8H,5,7,14H2,1-2H3. The third-order valence-corrected chi connectivity index (χ3v) is 3.34. The van der Waals surface area contributed by atoms with Crippen LogP contribution >= 0.6 is 11.6 Å². The van der Waals surface area contributed by atoms with Gasteiger partial charge in [0, 0.05) is 31.8 Å². The summed E-state index contributed by atoms with van der Waals surface area (Å²) in [5.74, 6) is -0.131. The van der Waals surface area contributed by atoms with Crippen LogP contribution in [0.2, 0.25) is 5.02 Å². The summed E-state index contributed by atoms with van der Waals surface area (Å²) in [4.78, 5) is 23.6. The second-order valence-corrected chi connectivity index (χ2v) is 4.71. The highest BCUT2D eigenvalue weighted by Crippen LogP contribution is 2.23. The van der Waals surface area contributed by atoms with Gasteiger partial charge in [0.05, 0.1) is 16.4 Å². The van der Waals surface area contributed by atoms with Crippen molar-refractivity contribution < 1.29 is 9.72 Å². The van der Waals surface area contributed by atoms with Gasteiger partial charge < -0.3 is 10.6 Å². The first-order valence-corrected chi connectivity index (χ1v) is 6.13. The van der Waals surface area contributed by atoms with Crippen LogP contribution in [0, 0.1) is 10.1 Å². The number of nitro groups is 1. The number of nitro benzene ring substituents is 1. The van der Waals surface area contributed by atoms with Crippen LogP contribution in [0.4, 0.5) is 5.69 Å². The summed E-state index contributed by atoms with van der Waals surface area (Å²) in [6.45, 7) is 2.21. The van der Waals surface area contributed by atoms with Crippen LogP contribution in [0.15, 0.2) is 18.2 Å². The highest BCUT2D eigenvalue weighted by atomic mass is 35.5. The van der Waals surface area contributed by atoms with E-state index in [1.165, 1.54) is 23.1 Å². The van der Waals surface area contributed by atoms with Crippen molar-refractivity contribution in [2.45, 2.75) is 19.4 Å². The molecule has 1 atom stereocenters. The highest BCUT2D eigenvalue weighted by Gasteiger charge is 2.17. The van der Waals surface area contributed by atoms with Gasteiger partial charge in [0.15, 0.2) is 0 Å². The van der Waals surface area contributed by atoms with Crippen LogP contribution in [-0.4, -0.2) is 35.4 Å². The summed E-state index contributed by atoms with van der Waals surface area (Å²) in [7, 11) is 1.67. The summed E-state index contributed by atoms with van der Waals surface area (Å²) in [6, 6.07) is 4.01. The molecular formula is C12H16ClN3O3. The molecule has 1 unspecified atom stereocenters. The minimum Gasteiger partial charge on any atom is -0.341 e. The molecule has 104 valence electrons. The minimum atomic E-state index is -0.528. The maximum absolute atomic E-state index is 12.0. The molecule has 1 aromatic rings. The predicted molar refractivity (Wildman–Crippen MR) is 73.1 cm³/mol. The first-order chi connectivity index (χ1) is 8.86. The molecule has 6 nitrogen and oxygen atoms in total. The molecule has 0 saturated heterocycles. The highest BCUT2D eigenvalue weighted by molar-refractivity contribution is 6.31. The van der Waals surface area contributed by atoms with Crippen LogP contribution in [0.25, 0.3) is 0 Å². The van der Waals surface area contributed by atoms with Crippen molar-refractivity contribution >= 4 is 23.2 Å². The van der Waals surface area contributed by atoms with Gasteiger partial charge in [-0.3, -0.25) is 14.9 Å². The lowest BCUT2D eigenvalue weighted by atomic mass is 10.1. The summed E-state index contributed by atoms with van der Waals surface area (Å²) >= 11 is 5.94. The minimum absolute atomic E-state index is 0.0654. The zero-order valence-electron chi connectivity index (χ0n) is 10.8. The summed E-state index contributed by atoms with van der Waals surface area (Å²) < 4.78 is 0. The van der Waals surface area contributed by atoms with Crippen LogP contribution < -0.4 is 5.73 Å². The van der Waals surface area contributed by atoms with Crippen molar-refractivity contribution in [3.63, 3.8) is 0 Å². The van der Waals surface area contributed by atoms with Crippen molar-refractivity contribution in [1.82, 2.24) is 4.90 Å². The number of hydrogen-bond acceptors (Lipinski definition) is 4. The maximum Gasteiger partial charge on any atom is 0.270 e. The Morgan fingerprint density at radius 1 is 1.58 bits per heavy atom. The van der Waals surface area contributed by atoms with Gasteiger partial charge >= 0.3 is 0 Å². The molecule has 0 aliphatic heterocycles. The van der Waals surface area contributed by atoms with Gasteiger partial charge in [0.25, 0.3) is 5.69 Å². The van der Waals surface area contributed by atoms with Crippen LogP contribution in [0.1, 0.15) is 12.5 Å². The van der Waals surface area contributed by atoms with Gasteiger partial charge in [-0.1, -0.05) is 17.7 Å². The third kappa shape index (κ3) is 3.90. The summed E-state index contributed by atoms with van der Waals surface area (Å²) in [6.07, 6.45) is 0.0949. The number of nitrogens with zero attached hydrogens (tertiary/aromatic N) is 2. The molecule has 0 spiro atoms. The molecule has 1 aromatic carbocycles. The summed E-state index contributed by atoms with van der Waals surface area (Å²) in [5, 5.41) is 10.8. The van der Waals surface area contributed by atoms with Crippen molar-refractivity contribution in [2.24, 2.45) is 5.73 Å². The van der Waals surface area contributed by atoms with Crippen molar-refractivity contribution in [3.8, 4) is 0 Å². The number of likely N-dealkylation sites (N-methyl/N-ethyl adjacent to an activating group) is 1. The molecule has 0 saturated carbocycles. The van der Waals surface area contributed by atoms with Gasteiger partial charge in [0.1, 0.15) is 0 Å². The lowest BCUT2D eigenvalue weighted by Crippen LogP contribution is -2.40. The largest absolute Gasteiger partial charge is 0.341 e. The molecular weight excluding hydrogens is 270 g/mol. The number of amides is 1. The Hall–Kier alpha value is -1.66. The summed E-state index contributed by atoms with van der Waals surface area (Å²) in [5.41, 5.74) is 5.96. The number of non-ortho nitro benzene ring substituents is 1. The quantitative estimate of drug-likeness (QED) is 0.657. The van der Waals surface area contributed by atoms with Crippen LogP contribution in [-0.2, 0) is 11.2 Å². The predicted octanol–water partition coefficient (Wildman–Crippen LogP) is 1.60. The van der Waals surface area contributed by atoms with E-state index in [1.54, 1.807) is 7.05 Å². The number of nitrogens with two attached hydrogens (primary N) is 1. The smallest absolute Gasteiger partial charge is 0.270 e. The molecule has 2 N–H and O–H groups in total. The zero-order chi connectivity index (χ0) is 14.6. The first kappa shape index (κ1) is 15.4. The molecule has 19 heavy (non-hydrogen) atoms.